The van der Waals surface area contributed by atoms with Gasteiger partial charge in [0.25, 0.3) is 0 Å². The van der Waals surface area contributed by atoms with E-state index in [-0.39, 0.29) is 12.0 Å². The molecule has 0 aromatic heterocycles. The van der Waals surface area contributed by atoms with E-state index in [1.807, 2.05) is 4.63 Å². The molecule has 9 heavy (non-hydrogen) atoms. The number of hydrogen-bond donors (Lipinski definition) is 1. The van der Waals surface area contributed by atoms with Gasteiger partial charge in [-0.1, -0.05) is 0 Å². The van der Waals surface area contributed by atoms with Gasteiger partial charge in [-0.2, -0.15) is 0 Å². The Kier molecular flexibility index (Phi) is 2.74. The van der Waals surface area contributed by atoms with Crippen LogP contribution in [-0.2, 0) is 7.61 Å². The molecule has 1 rings (SSSR count). The number of rotatable bonds is 0. The molecule has 0 bridgehead atoms. The Hall–Kier alpha value is 0.663. The second-order valence-corrected chi connectivity index (χ2v) is 14.0. The standard InChI is InChI=1S/C3H7NO2S.CH3.Bi/c4-2(1-7)3(5)6;;/h2,7H,1,4H2,(H,5,6);1H3;/q;;+2/p-2. The van der Waals surface area contributed by atoms with Crippen molar-refractivity contribution in [3.8, 4) is 0 Å². The topological polar surface area (TPSA) is 52.3 Å². The van der Waals surface area contributed by atoms with Crippen LogP contribution < -0.4 is 5.73 Å². The molecule has 0 saturated carbocycles. The van der Waals surface area contributed by atoms with Gasteiger partial charge < -0.3 is 0 Å². The van der Waals surface area contributed by atoms with Crippen LogP contribution >= 0.6 is 8.52 Å². The van der Waals surface area contributed by atoms with Crippen LogP contribution in [-0.4, -0.2) is 38.5 Å². The Morgan fingerprint density at radius 2 is 2.67 bits per heavy atom. The molecule has 1 aliphatic heterocycles. The molecule has 0 radical (unpaired) electrons. The van der Waals surface area contributed by atoms with Crippen molar-refractivity contribution < 1.29 is 7.61 Å². The molecule has 1 saturated heterocycles. The van der Waals surface area contributed by atoms with Crippen LogP contribution in [0.2, 0.25) is 4.63 Å². The van der Waals surface area contributed by atoms with Gasteiger partial charge in [0.05, 0.1) is 0 Å². The van der Waals surface area contributed by atoms with E-state index < -0.39 is 20.7 Å². The van der Waals surface area contributed by atoms with E-state index in [4.69, 9.17) is 8.55 Å². The second kappa shape index (κ2) is 3.17. The fourth-order valence-electron chi connectivity index (χ4n) is 0.474. The van der Waals surface area contributed by atoms with Crippen molar-refractivity contribution in [1.82, 2.24) is 0 Å². The molecule has 52 valence electrons. The summed E-state index contributed by atoms with van der Waals surface area (Å²) in [6.45, 7) is 0. The van der Waals surface area contributed by atoms with Crippen molar-refractivity contribution in [2.75, 3.05) is 5.75 Å². The fraction of sp³-hybridized carbons (Fsp3) is 0.750. The molecule has 0 aromatic carbocycles. The first kappa shape index (κ1) is 7.77. The Balaban J connectivity index is 2.44. The van der Waals surface area contributed by atoms with Crippen molar-refractivity contribution in [2.45, 2.75) is 10.7 Å². The molecule has 0 amide bonds. The summed E-state index contributed by atoms with van der Waals surface area (Å²) in [5.74, 6) is 0.585. The molecule has 1 aliphatic rings. The molecule has 5 heteroatoms. The number of nitrogens with two attached hydrogens (primary N) is 1. The average molecular weight is 343 g/mol. The summed E-state index contributed by atoms with van der Waals surface area (Å²) in [6.07, 6.45) is 0. The fourth-order valence-corrected chi connectivity index (χ4v) is 8.13. The monoisotopic (exact) mass is 343 g/mol. The molecule has 1 atom stereocenters. The van der Waals surface area contributed by atoms with Gasteiger partial charge in [-0.15, -0.1) is 0 Å². The van der Waals surface area contributed by atoms with Gasteiger partial charge in [-0.05, 0) is 0 Å². The van der Waals surface area contributed by atoms with E-state index in [2.05, 4.69) is 0 Å². The van der Waals surface area contributed by atoms with Crippen molar-refractivity contribution in [3.63, 3.8) is 0 Å². The van der Waals surface area contributed by atoms with Crippen LogP contribution in [0.3, 0.4) is 0 Å². The van der Waals surface area contributed by atoms with E-state index >= 15 is 0 Å². The van der Waals surface area contributed by atoms with Crippen molar-refractivity contribution in [2.24, 2.45) is 5.73 Å². The van der Waals surface area contributed by atoms with E-state index in [0.717, 1.165) is 5.75 Å². The Labute approximate surface area is 64.9 Å². The van der Waals surface area contributed by atoms with Crippen LogP contribution in [0.1, 0.15) is 0 Å². The molecular formula is C4H8BiNO2S. The first-order valence-electron chi connectivity index (χ1n) is 2.54. The van der Waals surface area contributed by atoms with Crippen LogP contribution in [0.15, 0.2) is 0 Å². The van der Waals surface area contributed by atoms with Gasteiger partial charge in [0.1, 0.15) is 0 Å². The summed E-state index contributed by atoms with van der Waals surface area (Å²) in [5.41, 5.74) is 5.38. The predicted octanol–water partition coefficient (Wildman–Crippen LogP) is -0.278. The van der Waals surface area contributed by atoms with Gasteiger partial charge in [0.15, 0.2) is 0 Å². The second-order valence-electron chi connectivity index (χ2n) is 1.75. The van der Waals surface area contributed by atoms with Gasteiger partial charge >= 0.3 is 65.0 Å². The maximum atomic E-state index is 10.7. The normalized spacial score (nSPS) is 30.0. The average Bonchev–Trinajstić information content (AvgIpc) is 1.80. The molecule has 0 spiro atoms. The number of hydrogen-bond acceptors (Lipinski definition) is 4. The molecule has 3 nitrogen and oxygen atoms in total. The predicted molar refractivity (Wildman–Crippen MR) is 38.1 cm³/mol. The van der Waals surface area contributed by atoms with Gasteiger partial charge in [0.2, 0.25) is 0 Å². The summed E-state index contributed by atoms with van der Waals surface area (Å²) in [5, 5.41) is 0. The summed E-state index contributed by atoms with van der Waals surface area (Å²) in [4.78, 5) is 10.7. The number of carbonyl (C=O) groups is 1. The summed E-state index contributed by atoms with van der Waals surface area (Å²) in [6, 6.07) is -0.360. The summed E-state index contributed by atoms with van der Waals surface area (Å²) in [7, 11) is 1.77. The first-order chi connectivity index (χ1) is 4.20. The van der Waals surface area contributed by atoms with Gasteiger partial charge in [0, 0.05) is 0 Å². The SMILES string of the molecule is [CH3][Bi]1[O]C(=O)C(N)C[S]1. The Bertz CT molecular complexity index is 132. The van der Waals surface area contributed by atoms with E-state index in [9.17, 15) is 4.79 Å². The zero-order valence-corrected chi connectivity index (χ0v) is 9.33. The molecule has 2 N–H and O–H groups in total. The van der Waals surface area contributed by atoms with Crippen LogP contribution in [0, 0.1) is 0 Å². The number of carbonyl (C=O) groups excluding carboxylic acids is 1. The minimum atomic E-state index is -1.76. The van der Waals surface area contributed by atoms with Crippen molar-refractivity contribution in [3.05, 3.63) is 0 Å². The molecule has 0 aliphatic carbocycles. The molecular weight excluding hydrogens is 335 g/mol. The summed E-state index contributed by atoms with van der Waals surface area (Å²) < 4.78 is 7.05. The first-order valence-corrected chi connectivity index (χ1v) is 12.6. The maximum absolute atomic E-state index is 10.7. The van der Waals surface area contributed by atoms with Crippen molar-refractivity contribution in [1.29, 1.82) is 0 Å². The van der Waals surface area contributed by atoms with E-state index in [1.165, 1.54) is 0 Å². The third-order valence-electron chi connectivity index (χ3n) is 0.957. The molecule has 0 aromatic rings. The van der Waals surface area contributed by atoms with Crippen LogP contribution in [0.4, 0.5) is 0 Å². The Morgan fingerprint density at radius 3 is 3.11 bits per heavy atom. The molecule has 1 unspecified atom stereocenters. The zero-order valence-electron chi connectivity index (χ0n) is 5.03. The zero-order chi connectivity index (χ0) is 6.85. The van der Waals surface area contributed by atoms with Crippen LogP contribution in [0.5, 0.6) is 0 Å². The van der Waals surface area contributed by atoms with Gasteiger partial charge in [-0.3, -0.25) is 0 Å². The molecule has 1 fully saturated rings. The summed E-state index contributed by atoms with van der Waals surface area (Å²) >= 11 is -1.76. The van der Waals surface area contributed by atoms with Crippen LogP contribution in [0.25, 0.3) is 0 Å². The van der Waals surface area contributed by atoms with E-state index in [1.54, 1.807) is 8.52 Å². The third-order valence-corrected chi connectivity index (χ3v) is 10.2. The molecule has 1 heterocycles. The van der Waals surface area contributed by atoms with Gasteiger partial charge in [-0.25, -0.2) is 0 Å². The van der Waals surface area contributed by atoms with E-state index in [0.29, 0.717) is 0 Å². The quantitative estimate of drug-likeness (QED) is 0.615. The van der Waals surface area contributed by atoms with Crippen molar-refractivity contribution >= 4 is 35.2 Å². The third kappa shape index (κ3) is 2.06. The minimum absolute atomic E-state index is 0.186. The Morgan fingerprint density at radius 1 is 2.00 bits per heavy atom.